The van der Waals surface area contributed by atoms with Gasteiger partial charge in [-0.1, -0.05) is 19.3 Å². The quantitative estimate of drug-likeness (QED) is 0.483. The molecule has 0 saturated heterocycles. The van der Waals surface area contributed by atoms with Crippen LogP contribution in [0.2, 0.25) is 0 Å². The molecule has 1 saturated carbocycles. The average molecular weight is 298 g/mol. The van der Waals surface area contributed by atoms with Gasteiger partial charge in [0, 0.05) is 5.92 Å². The Balaban J connectivity index is 2.50. The number of hydrogen-bond acceptors (Lipinski definition) is 2. The molecule has 0 aromatic rings. The maximum absolute atomic E-state index is 10.4. The standard InChI is InChI=1S/C9H15IO3/c1-9(10,13-8(11)12)7-5-3-2-4-6-7/h7H,2-6H2,1H3,(H,11,12). The predicted molar refractivity (Wildman–Crippen MR) is 58.1 cm³/mol. The number of halogens is 1. The van der Waals surface area contributed by atoms with Crippen LogP contribution in [0.15, 0.2) is 0 Å². The van der Waals surface area contributed by atoms with Crippen LogP contribution < -0.4 is 0 Å². The lowest BCUT2D eigenvalue weighted by Crippen LogP contribution is -2.34. The summed E-state index contributed by atoms with van der Waals surface area (Å²) in [6.07, 6.45) is 4.69. The van der Waals surface area contributed by atoms with Crippen molar-refractivity contribution in [2.45, 2.75) is 42.6 Å². The zero-order valence-corrected chi connectivity index (χ0v) is 9.91. The predicted octanol–water partition coefficient (Wildman–Crippen LogP) is 3.41. The van der Waals surface area contributed by atoms with E-state index in [1.165, 1.54) is 19.3 Å². The van der Waals surface area contributed by atoms with Crippen molar-refractivity contribution in [3.05, 3.63) is 0 Å². The van der Waals surface area contributed by atoms with Gasteiger partial charge in [-0.05, 0) is 42.4 Å². The van der Waals surface area contributed by atoms with Gasteiger partial charge in [0.2, 0.25) is 0 Å². The van der Waals surface area contributed by atoms with Crippen LogP contribution in [0, 0.1) is 5.92 Å². The number of hydrogen-bond donors (Lipinski definition) is 1. The van der Waals surface area contributed by atoms with E-state index in [1.54, 1.807) is 0 Å². The van der Waals surface area contributed by atoms with Crippen LogP contribution in [0.1, 0.15) is 39.0 Å². The van der Waals surface area contributed by atoms with E-state index in [2.05, 4.69) is 22.6 Å². The second kappa shape index (κ2) is 4.48. The molecule has 1 fully saturated rings. The fourth-order valence-electron chi connectivity index (χ4n) is 1.87. The fraction of sp³-hybridized carbons (Fsp3) is 0.889. The number of carboxylic acid groups (broad SMARTS) is 1. The lowest BCUT2D eigenvalue weighted by molar-refractivity contribution is 0.0145. The van der Waals surface area contributed by atoms with E-state index in [9.17, 15) is 4.79 Å². The average Bonchev–Trinajstić information content (AvgIpc) is 2.04. The molecule has 4 heteroatoms. The van der Waals surface area contributed by atoms with Crippen LogP contribution in [0.5, 0.6) is 0 Å². The Labute approximate surface area is 92.0 Å². The molecule has 0 aliphatic heterocycles. The molecule has 0 spiro atoms. The summed E-state index contributed by atoms with van der Waals surface area (Å²) in [5.41, 5.74) is 0. The summed E-state index contributed by atoms with van der Waals surface area (Å²) in [6, 6.07) is 0. The summed E-state index contributed by atoms with van der Waals surface area (Å²) >= 11 is 2.11. The van der Waals surface area contributed by atoms with Crippen LogP contribution >= 0.6 is 22.6 Å². The highest BCUT2D eigenvalue weighted by atomic mass is 127. The van der Waals surface area contributed by atoms with Gasteiger partial charge < -0.3 is 9.84 Å². The van der Waals surface area contributed by atoms with Crippen molar-refractivity contribution in [1.82, 2.24) is 0 Å². The molecular weight excluding hydrogens is 283 g/mol. The van der Waals surface area contributed by atoms with E-state index in [0.29, 0.717) is 5.92 Å². The number of alkyl halides is 1. The Morgan fingerprint density at radius 1 is 1.46 bits per heavy atom. The van der Waals surface area contributed by atoms with Gasteiger partial charge >= 0.3 is 6.16 Å². The van der Waals surface area contributed by atoms with Crippen LogP contribution in [0.25, 0.3) is 0 Å². The lowest BCUT2D eigenvalue weighted by Gasteiger charge is -2.33. The first kappa shape index (κ1) is 11.1. The zero-order valence-electron chi connectivity index (χ0n) is 7.75. The highest BCUT2D eigenvalue weighted by Gasteiger charge is 2.35. The molecule has 0 amide bonds. The molecule has 1 atom stereocenters. The van der Waals surface area contributed by atoms with Crippen molar-refractivity contribution in [2.75, 3.05) is 0 Å². The molecule has 0 heterocycles. The topological polar surface area (TPSA) is 46.5 Å². The monoisotopic (exact) mass is 298 g/mol. The number of rotatable bonds is 2. The second-order valence-electron chi connectivity index (χ2n) is 3.69. The molecular formula is C9H15IO3. The van der Waals surface area contributed by atoms with Crippen molar-refractivity contribution < 1.29 is 14.6 Å². The zero-order chi connectivity index (χ0) is 9.90. The maximum atomic E-state index is 10.4. The summed E-state index contributed by atoms with van der Waals surface area (Å²) in [4.78, 5) is 10.4. The molecule has 0 aromatic carbocycles. The summed E-state index contributed by atoms with van der Waals surface area (Å²) in [5, 5.41) is 8.55. The SMILES string of the molecule is CC(I)(OC(=O)O)C1CCCCC1. The fourth-order valence-corrected chi connectivity index (χ4v) is 2.68. The van der Waals surface area contributed by atoms with Crippen molar-refractivity contribution >= 4 is 28.7 Å². The summed E-state index contributed by atoms with van der Waals surface area (Å²) in [5.74, 6) is 0.387. The smallest absolute Gasteiger partial charge is 0.450 e. The van der Waals surface area contributed by atoms with E-state index in [0.717, 1.165) is 12.8 Å². The molecule has 0 radical (unpaired) electrons. The first-order valence-electron chi connectivity index (χ1n) is 4.63. The van der Waals surface area contributed by atoms with Crippen molar-refractivity contribution in [1.29, 1.82) is 0 Å². The molecule has 0 bridgehead atoms. The Morgan fingerprint density at radius 3 is 2.46 bits per heavy atom. The summed E-state index contributed by atoms with van der Waals surface area (Å²) < 4.78 is 4.34. The third-order valence-corrected chi connectivity index (χ3v) is 3.72. The van der Waals surface area contributed by atoms with E-state index in [4.69, 9.17) is 9.84 Å². The van der Waals surface area contributed by atoms with E-state index >= 15 is 0 Å². The minimum atomic E-state index is -1.16. The maximum Gasteiger partial charge on any atom is 0.507 e. The van der Waals surface area contributed by atoms with Crippen molar-refractivity contribution in [3.63, 3.8) is 0 Å². The second-order valence-corrected chi connectivity index (χ2v) is 5.83. The molecule has 3 nitrogen and oxygen atoms in total. The first-order chi connectivity index (χ1) is 6.02. The first-order valence-corrected chi connectivity index (χ1v) is 5.71. The van der Waals surface area contributed by atoms with E-state index in [1.807, 2.05) is 6.92 Å². The Hall–Kier alpha value is 0. The molecule has 1 rings (SSSR count). The van der Waals surface area contributed by atoms with Gasteiger partial charge in [0.1, 0.15) is 0 Å². The van der Waals surface area contributed by atoms with Crippen LogP contribution in [-0.2, 0) is 4.74 Å². The molecule has 1 unspecified atom stereocenters. The normalized spacial score (nSPS) is 23.5. The van der Waals surface area contributed by atoms with Crippen LogP contribution in [0.4, 0.5) is 4.79 Å². The van der Waals surface area contributed by atoms with Gasteiger partial charge in [-0.2, -0.15) is 0 Å². The molecule has 76 valence electrons. The largest absolute Gasteiger partial charge is 0.507 e. The third kappa shape index (κ3) is 3.32. The van der Waals surface area contributed by atoms with Crippen LogP contribution in [0.3, 0.4) is 0 Å². The minimum Gasteiger partial charge on any atom is -0.450 e. The molecule has 13 heavy (non-hydrogen) atoms. The highest BCUT2D eigenvalue weighted by Crippen LogP contribution is 2.39. The van der Waals surface area contributed by atoms with Crippen molar-refractivity contribution in [2.24, 2.45) is 5.92 Å². The Morgan fingerprint density at radius 2 is 2.00 bits per heavy atom. The molecule has 1 aliphatic carbocycles. The van der Waals surface area contributed by atoms with E-state index < -0.39 is 9.76 Å². The lowest BCUT2D eigenvalue weighted by atomic mass is 9.86. The Kier molecular flexibility index (Phi) is 3.82. The van der Waals surface area contributed by atoms with Gasteiger partial charge in [0.05, 0.1) is 0 Å². The Bertz CT molecular complexity index is 185. The molecule has 1 aliphatic rings. The number of carbonyl (C=O) groups is 1. The van der Waals surface area contributed by atoms with Crippen LogP contribution in [-0.4, -0.2) is 14.9 Å². The van der Waals surface area contributed by atoms with Gasteiger partial charge in [-0.25, -0.2) is 4.79 Å². The summed E-state index contributed by atoms with van der Waals surface area (Å²) in [6.45, 7) is 1.86. The molecule has 1 N–H and O–H groups in total. The van der Waals surface area contributed by atoms with Crippen molar-refractivity contribution in [3.8, 4) is 0 Å². The van der Waals surface area contributed by atoms with E-state index in [-0.39, 0.29) is 0 Å². The highest BCUT2D eigenvalue weighted by molar-refractivity contribution is 14.1. The number of ether oxygens (including phenoxy) is 1. The minimum absolute atomic E-state index is 0.387. The third-order valence-electron chi connectivity index (χ3n) is 2.62. The van der Waals surface area contributed by atoms with Gasteiger partial charge in [0.25, 0.3) is 0 Å². The van der Waals surface area contributed by atoms with Gasteiger partial charge in [0.15, 0.2) is 3.61 Å². The summed E-state index contributed by atoms with van der Waals surface area (Å²) in [7, 11) is 0. The van der Waals surface area contributed by atoms with Gasteiger partial charge in [-0.3, -0.25) is 0 Å². The van der Waals surface area contributed by atoms with Gasteiger partial charge in [-0.15, -0.1) is 0 Å². The molecule has 0 aromatic heterocycles.